The van der Waals surface area contributed by atoms with Crippen LogP contribution in [0.2, 0.25) is 0 Å². The molecule has 3 aliphatic rings. The molecule has 0 aromatic carbocycles. The molecule has 0 spiro atoms. The SMILES string of the molecule is C[C@H]1COCCC1c1cc(N2C3CCC2COC3)nc2c1c(C(F)(F)F)nn2-c1ccn[nH]1. The molecule has 3 fully saturated rings. The van der Waals surface area contributed by atoms with E-state index in [0.717, 1.165) is 12.8 Å². The molecule has 11 heteroatoms. The Bertz CT molecular complexity index is 1150. The Morgan fingerprint density at radius 2 is 1.88 bits per heavy atom. The Balaban J connectivity index is 1.63. The van der Waals surface area contributed by atoms with E-state index in [0.29, 0.717) is 50.0 Å². The minimum absolute atomic E-state index is 0.0696. The molecule has 0 amide bonds. The van der Waals surface area contributed by atoms with Crippen molar-refractivity contribution in [3.8, 4) is 5.82 Å². The summed E-state index contributed by atoms with van der Waals surface area (Å²) in [5.74, 6) is 1.04. The number of alkyl halides is 3. The molecule has 3 aliphatic heterocycles. The van der Waals surface area contributed by atoms with Crippen LogP contribution < -0.4 is 4.90 Å². The first-order valence-electron chi connectivity index (χ1n) is 11.4. The van der Waals surface area contributed by atoms with Gasteiger partial charge in [-0.3, -0.25) is 5.10 Å². The lowest BCUT2D eigenvalue weighted by Crippen LogP contribution is -2.46. The molecule has 176 valence electrons. The number of nitrogens with zero attached hydrogens (tertiary/aromatic N) is 5. The Hall–Kier alpha value is -2.66. The smallest absolute Gasteiger partial charge is 0.381 e. The van der Waals surface area contributed by atoms with Gasteiger partial charge in [-0.1, -0.05) is 6.92 Å². The van der Waals surface area contributed by atoms with Crippen molar-refractivity contribution < 1.29 is 22.6 Å². The second kappa shape index (κ2) is 7.69. The molecule has 2 bridgehead atoms. The highest BCUT2D eigenvalue weighted by Crippen LogP contribution is 2.44. The number of halogens is 3. The molecule has 0 saturated carbocycles. The lowest BCUT2D eigenvalue weighted by molar-refractivity contribution is -0.140. The molecule has 0 radical (unpaired) electrons. The van der Waals surface area contributed by atoms with Gasteiger partial charge in [0.05, 0.1) is 36.9 Å². The number of anilines is 1. The Kier molecular flexibility index (Phi) is 4.88. The fourth-order valence-corrected chi connectivity index (χ4v) is 5.63. The first-order valence-corrected chi connectivity index (χ1v) is 11.4. The first kappa shape index (κ1) is 20.9. The Morgan fingerprint density at radius 1 is 1.09 bits per heavy atom. The fraction of sp³-hybridized carbons (Fsp3) is 0.591. The average molecular weight is 462 g/mol. The van der Waals surface area contributed by atoms with Crippen LogP contribution in [0.25, 0.3) is 16.9 Å². The zero-order valence-corrected chi connectivity index (χ0v) is 18.2. The molecule has 3 aromatic rings. The third-order valence-corrected chi connectivity index (χ3v) is 7.18. The second-order valence-electron chi connectivity index (χ2n) is 9.25. The number of pyridine rings is 1. The average Bonchev–Trinajstić information content (AvgIpc) is 3.49. The van der Waals surface area contributed by atoms with Crippen molar-refractivity contribution in [1.29, 1.82) is 0 Å². The quantitative estimate of drug-likeness (QED) is 0.640. The third-order valence-electron chi connectivity index (χ3n) is 7.18. The minimum atomic E-state index is -4.62. The molecule has 8 nitrogen and oxygen atoms in total. The summed E-state index contributed by atoms with van der Waals surface area (Å²) in [7, 11) is 0. The minimum Gasteiger partial charge on any atom is -0.381 e. The topological polar surface area (TPSA) is 81.1 Å². The lowest BCUT2D eigenvalue weighted by Gasteiger charge is -2.37. The van der Waals surface area contributed by atoms with Crippen LogP contribution in [0.4, 0.5) is 19.0 Å². The van der Waals surface area contributed by atoms with Gasteiger partial charge >= 0.3 is 6.18 Å². The largest absolute Gasteiger partial charge is 0.435 e. The van der Waals surface area contributed by atoms with Gasteiger partial charge in [-0.25, -0.2) is 4.98 Å². The van der Waals surface area contributed by atoms with Crippen LogP contribution in [0.15, 0.2) is 18.3 Å². The number of ether oxygens (including phenoxy) is 2. The van der Waals surface area contributed by atoms with Crippen LogP contribution in [0.1, 0.15) is 43.4 Å². The summed E-state index contributed by atoms with van der Waals surface area (Å²) >= 11 is 0. The molecular formula is C22H25F3N6O2. The van der Waals surface area contributed by atoms with Gasteiger partial charge in [0.2, 0.25) is 0 Å². The maximum atomic E-state index is 14.2. The number of aromatic amines is 1. The summed E-state index contributed by atoms with van der Waals surface area (Å²) in [5, 5.41) is 10.7. The predicted molar refractivity (Wildman–Crippen MR) is 113 cm³/mol. The van der Waals surface area contributed by atoms with E-state index in [1.807, 2.05) is 13.0 Å². The summed E-state index contributed by atoms with van der Waals surface area (Å²) in [6, 6.07) is 3.83. The van der Waals surface area contributed by atoms with Crippen molar-refractivity contribution in [3.63, 3.8) is 0 Å². The summed E-state index contributed by atoms with van der Waals surface area (Å²) in [4.78, 5) is 7.05. The van der Waals surface area contributed by atoms with E-state index in [2.05, 4.69) is 20.2 Å². The van der Waals surface area contributed by atoms with Gasteiger partial charge in [-0.05, 0) is 42.7 Å². The van der Waals surface area contributed by atoms with Crippen LogP contribution in [-0.4, -0.2) is 63.5 Å². The highest BCUT2D eigenvalue weighted by Gasteiger charge is 2.43. The highest BCUT2D eigenvalue weighted by atomic mass is 19.4. The van der Waals surface area contributed by atoms with E-state index in [4.69, 9.17) is 14.5 Å². The van der Waals surface area contributed by atoms with Crippen molar-refractivity contribution in [2.24, 2.45) is 5.92 Å². The summed E-state index contributed by atoms with van der Waals surface area (Å²) in [6.45, 7) is 4.27. The van der Waals surface area contributed by atoms with Crippen molar-refractivity contribution >= 4 is 16.9 Å². The summed E-state index contributed by atoms with van der Waals surface area (Å²) in [6.07, 6.45) is -0.498. The van der Waals surface area contributed by atoms with Crippen LogP contribution in [0.5, 0.6) is 0 Å². The second-order valence-corrected chi connectivity index (χ2v) is 9.25. The van der Waals surface area contributed by atoms with Gasteiger partial charge in [-0.2, -0.15) is 28.1 Å². The predicted octanol–water partition coefficient (Wildman–Crippen LogP) is 3.67. The molecule has 33 heavy (non-hydrogen) atoms. The van der Waals surface area contributed by atoms with E-state index in [1.165, 1.54) is 10.9 Å². The van der Waals surface area contributed by atoms with Crippen molar-refractivity contribution in [1.82, 2.24) is 25.0 Å². The number of aromatic nitrogens is 5. The van der Waals surface area contributed by atoms with E-state index in [-0.39, 0.29) is 35.0 Å². The maximum absolute atomic E-state index is 14.2. The van der Waals surface area contributed by atoms with Gasteiger partial charge in [0.25, 0.3) is 0 Å². The van der Waals surface area contributed by atoms with E-state index < -0.39 is 11.9 Å². The monoisotopic (exact) mass is 462 g/mol. The summed E-state index contributed by atoms with van der Waals surface area (Å²) in [5.41, 5.74) is -0.0665. The van der Waals surface area contributed by atoms with Crippen molar-refractivity contribution in [3.05, 3.63) is 29.6 Å². The zero-order chi connectivity index (χ0) is 22.7. The van der Waals surface area contributed by atoms with Gasteiger partial charge in [0.1, 0.15) is 5.82 Å². The number of morpholine rings is 1. The molecule has 1 N–H and O–H groups in total. The molecule has 3 aromatic heterocycles. The van der Waals surface area contributed by atoms with Crippen LogP contribution in [0, 0.1) is 5.92 Å². The number of hydrogen-bond acceptors (Lipinski definition) is 6. The van der Waals surface area contributed by atoms with Gasteiger partial charge < -0.3 is 14.4 Å². The number of rotatable bonds is 3. The Labute approximate surface area is 188 Å². The zero-order valence-electron chi connectivity index (χ0n) is 18.2. The highest BCUT2D eigenvalue weighted by molar-refractivity contribution is 5.86. The van der Waals surface area contributed by atoms with Crippen LogP contribution >= 0.6 is 0 Å². The molecule has 4 atom stereocenters. The Morgan fingerprint density at radius 3 is 2.55 bits per heavy atom. The first-order chi connectivity index (χ1) is 15.9. The maximum Gasteiger partial charge on any atom is 0.435 e. The van der Waals surface area contributed by atoms with Gasteiger partial charge in [0, 0.05) is 19.3 Å². The van der Waals surface area contributed by atoms with E-state index in [1.54, 1.807) is 6.07 Å². The van der Waals surface area contributed by atoms with E-state index >= 15 is 0 Å². The van der Waals surface area contributed by atoms with Crippen molar-refractivity contribution in [2.45, 2.75) is 50.4 Å². The van der Waals surface area contributed by atoms with E-state index in [9.17, 15) is 13.2 Å². The number of hydrogen-bond donors (Lipinski definition) is 1. The molecule has 0 aliphatic carbocycles. The summed E-state index contributed by atoms with van der Waals surface area (Å²) < 4.78 is 55.2. The molecule has 3 saturated heterocycles. The fourth-order valence-electron chi connectivity index (χ4n) is 5.63. The number of H-pyrrole nitrogens is 1. The molecule has 6 rings (SSSR count). The molecule has 6 heterocycles. The normalized spacial score (nSPS) is 28.1. The van der Waals surface area contributed by atoms with Crippen molar-refractivity contribution in [2.75, 3.05) is 31.3 Å². The molecule has 3 unspecified atom stereocenters. The van der Waals surface area contributed by atoms with Gasteiger partial charge in [0.15, 0.2) is 17.2 Å². The number of fused-ring (bicyclic) bond motifs is 3. The van der Waals surface area contributed by atoms with Crippen LogP contribution in [-0.2, 0) is 15.7 Å². The molecular weight excluding hydrogens is 437 g/mol. The third kappa shape index (κ3) is 3.40. The standard InChI is InChI=1S/C22H25F3N6O2/c1-12-9-32-7-5-15(12)16-8-18(30-13-2-3-14(30)11-33-10-13)27-21-19(16)20(22(23,24)25)29-31(21)17-4-6-26-28-17/h4,6,8,12-15H,2-3,5,7,9-11H2,1H3,(H,26,28)/t12-,13?,14?,15?/m0/s1. The lowest BCUT2D eigenvalue weighted by atomic mass is 9.82. The van der Waals surface area contributed by atoms with Crippen LogP contribution in [0.3, 0.4) is 0 Å². The number of nitrogens with one attached hydrogen (secondary N) is 1. The van der Waals surface area contributed by atoms with Gasteiger partial charge in [-0.15, -0.1) is 0 Å².